The first kappa shape index (κ1) is 12.3. The largest absolute Gasteiger partial charge is 0.403 e. The molecule has 0 heterocycles. The number of halogens is 4. The highest BCUT2D eigenvalue weighted by molar-refractivity contribution is 6.30. The number of alkyl halides is 3. The monoisotopic (exact) mass is 237 g/mol. The highest BCUT2D eigenvalue weighted by Crippen LogP contribution is 2.22. The van der Waals surface area contributed by atoms with Crippen LogP contribution in [0.4, 0.5) is 13.2 Å². The summed E-state index contributed by atoms with van der Waals surface area (Å²) < 4.78 is 36.2. The Bertz CT molecular complexity index is 325. The van der Waals surface area contributed by atoms with Crippen LogP contribution in [-0.4, -0.2) is 12.2 Å². The van der Waals surface area contributed by atoms with Gasteiger partial charge in [-0.1, -0.05) is 23.7 Å². The van der Waals surface area contributed by atoms with Gasteiger partial charge in [-0.05, 0) is 30.5 Å². The maximum Gasteiger partial charge on any atom is 0.403 e. The molecule has 1 nitrogen and oxygen atoms in total. The van der Waals surface area contributed by atoms with E-state index in [9.17, 15) is 13.2 Å². The summed E-state index contributed by atoms with van der Waals surface area (Å²) in [6.07, 6.45) is -4.16. The number of nitrogens with two attached hydrogens (primary N) is 1. The van der Waals surface area contributed by atoms with E-state index in [0.29, 0.717) is 5.02 Å². The molecule has 0 bridgehead atoms. The first-order chi connectivity index (χ1) is 6.89. The number of aryl methyl sites for hydroxylation is 1. The van der Waals surface area contributed by atoms with E-state index in [1.807, 2.05) is 0 Å². The Balaban J connectivity index is 2.51. The van der Waals surface area contributed by atoms with E-state index in [1.165, 1.54) is 0 Å². The predicted octanol–water partition coefficient (Wildman–Crippen LogP) is 3.16. The molecule has 5 heteroatoms. The van der Waals surface area contributed by atoms with Crippen LogP contribution in [0.15, 0.2) is 24.3 Å². The molecule has 84 valence electrons. The van der Waals surface area contributed by atoms with Crippen molar-refractivity contribution in [3.8, 4) is 0 Å². The lowest BCUT2D eigenvalue weighted by Gasteiger charge is -2.15. The molecule has 0 aromatic heterocycles. The van der Waals surface area contributed by atoms with Crippen LogP contribution in [0.3, 0.4) is 0 Å². The Labute approximate surface area is 91.0 Å². The number of benzene rings is 1. The molecule has 0 aliphatic heterocycles. The molecule has 0 aliphatic rings. The van der Waals surface area contributed by atoms with Gasteiger partial charge in [-0.2, -0.15) is 13.2 Å². The van der Waals surface area contributed by atoms with Crippen molar-refractivity contribution in [1.29, 1.82) is 0 Å². The first-order valence-corrected chi connectivity index (χ1v) is 4.84. The van der Waals surface area contributed by atoms with Gasteiger partial charge in [-0.25, -0.2) is 0 Å². The summed E-state index contributed by atoms with van der Waals surface area (Å²) >= 11 is 5.70. The van der Waals surface area contributed by atoms with E-state index in [-0.39, 0.29) is 12.8 Å². The van der Waals surface area contributed by atoms with E-state index in [0.717, 1.165) is 5.56 Å². The molecule has 1 atom stereocenters. The maximum absolute atomic E-state index is 12.1. The zero-order valence-corrected chi connectivity index (χ0v) is 8.65. The zero-order chi connectivity index (χ0) is 11.5. The van der Waals surface area contributed by atoms with Crippen molar-refractivity contribution in [2.75, 3.05) is 0 Å². The highest BCUT2D eigenvalue weighted by atomic mass is 35.5. The van der Waals surface area contributed by atoms with Crippen molar-refractivity contribution in [2.24, 2.45) is 5.73 Å². The second-order valence-electron chi connectivity index (χ2n) is 3.32. The van der Waals surface area contributed by atoms with E-state index in [1.54, 1.807) is 24.3 Å². The third-order valence-electron chi connectivity index (χ3n) is 2.05. The molecule has 0 saturated carbocycles. The van der Waals surface area contributed by atoms with Crippen molar-refractivity contribution in [1.82, 2.24) is 0 Å². The first-order valence-electron chi connectivity index (χ1n) is 4.46. The summed E-state index contributed by atoms with van der Waals surface area (Å²) in [4.78, 5) is 0. The van der Waals surface area contributed by atoms with Gasteiger partial charge in [-0.15, -0.1) is 0 Å². The lowest BCUT2D eigenvalue weighted by atomic mass is 10.1. The SMILES string of the molecule is NC(CCc1cccc(Cl)c1)C(F)(F)F. The molecule has 0 saturated heterocycles. The van der Waals surface area contributed by atoms with Crippen LogP contribution in [-0.2, 0) is 6.42 Å². The number of hydrogen-bond donors (Lipinski definition) is 1. The summed E-state index contributed by atoms with van der Waals surface area (Å²) in [6.45, 7) is 0. The minimum Gasteiger partial charge on any atom is -0.320 e. The van der Waals surface area contributed by atoms with Gasteiger partial charge in [0.1, 0.15) is 6.04 Å². The van der Waals surface area contributed by atoms with Crippen molar-refractivity contribution < 1.29 is 13.2 Å². The highest BCUT2D eigenvalue weighted by Gasteiger charge is 2.35. The van der Waals surface area contributed by atoms with E-state index in [2.05, 4.69) is 0 Å². The van der Waals surface area contributed by atoms with E-state index < -0.39 is 12.2 Å². The van der Waals surface area contributed by atoms with Gasteiger partial charge in [0.15, 0.2) is 0 Å². The Morgan fingerprint density at radius 2 is 2.00 bits per heavy atom. The Kier molecular flexibility index (Phi) is 3.99. The van der Waals surface area contributed by atoms with Gasteiger partial charge in [0.05, 0.1) is 0 Å². The second kappa shape index (κ2) is 4.86. The molecular weight excluding hydrogens is 227 g/mol. The molecule has 15 heavy (non-hydrogen) atoms. The lowest BCUT2D eigenvalue weighted by Crippen LogP contribution is -2.37. The second-order valence-corrected chi connectivity index (χ2v) is 3.75. The summed E-state index contributed by atoms with van der Waals surface area (Å²) in [7, 11) is 0. The van der Waals surface area contributed by atoms with Gasteiger partial charge < -0.3 is 5.73 Å². The van der Waals surface area contributed by atoms with Crippen LogP contribution in [0.25, 0.3) is 0 Å². The van der Waals surface area contributed by atoms with E-state index in [4.69, 9.17) is 17.3 Å². The minimum atomic E-state index is -4.32. The molecule has 0 amide bonds. The third-order valence-corrected chi connectivity index (χ3v) is 2.29. The number of hydrogen-bond acceptors (Lipinski definition) is 1. The van der Waals surface area contributed by atoms with Gasteiger partial charge in [0, 0.05) is 5.02 Å². The molecule has 0 spiro atoms. The smallest absolute Gasteiger partial charge is 0.320 e. The van der Waals surface area contributed by atoms with Gasteiger partial charge in [0.25, 0.3) is 0 Å². The average Bonchev–Trinajstić information content (AvgIpc) is 2.12. The molecule has 0 radical (unpaired) electrons. The van der Waals surface area contributed by atoms with Gasteiger partial charge in [0.2, 0.25) is 0 Å². The van der Waals surface area contributed by atoms with Crippen LogP contribution in [0.2, 0.25) is 5.02 Å². The molecule has 0 fully saturated rings. The van der Waals surface area contributed by atoms with Crippen molar-refractivity contribution in [3.05, 3.63) is 34.9 Å². The number of rotatable bonds is 3. The van der Waals surface area contributed by atoms with Crippen molar-refractivity contribution in [3.63, 3.8) is 0 Å². The maximum atomic E-state index is 12.1. The van der Waals surface area contributed by atoms with Crippen LogP contribution in [0.5, 0.6) is 0 Å². The normalized spacial score (nSPS) is 13.9. The molecular formula is C10H11ClF3N. The zero-order valence-electron chi connectivity index (χ0n) is 7.89. The van der Waals surface area contributed by atoms with Gasteiger partial charge in [-0.3, -0.25) is 0 Å². The minimum absolute atomic E-state index is 0.121. The Morgan fingerprint density at radius 1 is 1.33 bits per heavy atom. The van der Waals surface area contributed by atoms with Crippen molar-refractivity contribution >= 4 is 11.6 Å². The Morgan fingerprint density at radius 3 is 2.53 bits per heavy atom. The van der Waals surface area contributed by atoms with Crippen LogP contribution < -0.4 is 5.73 Å². The van der Waals surface area contributed by atoms with Crippen LogP contribution >= 0.6 is 11.6 Å². The standard InChI is InChI=1S/C10H11ClF3N/c11-8-3-1-2-7(6-8)4-5-9(15)10(12,13)14/h1-3,6,9H,4-5,15H2. The fourth-order valence-corrected chi connectivity index (χ4v) is 1.39. The molecule has 1 unspecified atom stereocenters. The quantitative estimate of drug-likeness (QED) is 0.859. The fourth-order valence-electron chi connectivity index (χ4n) is 1.18. The van der Waals surface area contributed by atoms with Crippen LogP contribution in [0, 0.1) is 0 Å². The molecule has 2 N–H and O–H groups in total. The van der Waals surface area contributed by atoms with E-state index >= 15 is 0 Å². The molecule has 0 aliphatic carbocycles. The summed E-state index contributed by atoms with van der Waals surface area (Å²) in [5, 5.41) is 0.521. The summed E-state index contributed by atoms with van der Waals surface area (Å²) in [6, 6.07) is 4.99. The Hall–Kier alpha value is -0.740. The average molecular weight is 238 g/mol. The molecule has 1 aromatic rings. The summed E-state index contributed by atoms with van der Waals surface area (Å²) in [5.74, 6) is 0. The molecule has 1 rings (SSSR count). The molecule has 1 aromatic carbocycles. The van der Waals surface area contributed by atoms with Crippen molar-refractivity contribution in [2.45, 2.75) is 25.1 Å². The topological polar surface area (TPSA) is 26.0 Å². The third kappa shape index (κ3) is 4.10. The van der Waals surface area contributed by atoms with Crippen LogP contribution in [0.1, 0.15) is 12.0 Å². The summed E-state index contributed by atoms with van der Waals surface area (Å²) in [5.41, 5.74) is 5.74. The lowest BCUT2D eigenvalue weighted by molar-refractivity contribution is -0.148. The van der Waals surface area contributed by atoms with Gasteiger partial charge >= 0.3 is 6.18 Å². The fraction of sp³-hybridized carbons (Fsp3) is 0.400. The predicted molar refractivity (Wildman–Crippen MR) is 53.8 cm³/mol.